The lowest BCUT2D eigenvalue weighted by Gasteiger charge is -2.18. The summed E-state index contributed by atoms with van der Waals surface area (Å²) >= 11 is 11.9. The third-order valence-electron chi connectivity index (χ3n) is 4.29. The van der Waals surface area contributed by atoms with E-state index in [4.69, 9.17) is 23.2 Å². The number of fused-ring (bicyclic) bond motifs is 1. The summed E-state index contributed by atoms with van der Waals surface area (Å²) in [5.74, 6) is -0.314. The molecule has 1 amide bonds. The lowest BCUT2D eigenvalue weighted by Crippen LogP contribution is -2.37. The molecule has 1 aromatic carbocycles. The highest BCUT2D eigenvalue weighted by molar-refractivity contribution is 6.42. The van der Waals surface area contributed by atoms with Crippen LogP contribution in [0.15, 0.2) is 40.1 Å². The highest BCUT2D eigenvalue weighted by Crippen LogP contribution is 2.23. The summed E-state index contributed by atoms with van der Waals surface area (Å²) in [6.45, 7) is 0.305. The number of carbonyl (C=O) groups is 1. The SMILES string of the molecule is CN(Cc1ccc(Cl)c(Cl)c1)C(=O)c1cnc2c(c1)c(=O)n(C)c(=O)n2C. The van der Waals surface area contributed by atoms with Crippen molar-refractivity contribution in [2.45, 2.75) is 6.54 Å². The molecule has 7 nitrogen and oxygen atoms in total. The minimum atomic E-state index is -0.498. The summed E-state index contributed by atoms with van der Waals surface area (Å²) < 4.78 is 2.25. The predicted octanol–water partition coefficient (Wildman–Crippen LogP) is 2.21. The molecule has 0 unspecified atom stereocenters. The summed E-state index contributed by atoms with van der Waals surface area (Å²) in [6, 6.07) is 6.59. The number of carbonyl (C=O) groups excluding carboxylic acids is 1. The molecule has 2 aromatic heterocycles. The quantitative estimate of drug-likeness (QED) is 0.667. The van der Waals surface area contributed by atoms with Crippen molar-refractivity contribution in [1.82, 2.24) is 19.0 Å². The number of halogens is 2. The summed E-state index contributed by atoms with van der Waals surface area (Å²) in [6.07, 6.45) is 1.36. The fraction of sp³-hybridized carbons (Fsp3) is 0.222. The van der Waals surface area contributed by atoms with Crippen LogP contribution in [0.1, 0.15) is 15.9 Å². The maximum absolute atomic E-state index is 12.7. The molecule has 0 saturated carbocycles. The van der Waals surface area contributed by atoms with E-state index >= 15 is 0 Å². The number of hydrogen-bond donors (Lipinski definition) is 0. The maximum atomic E-state index is 12.7. The van der Waals surface area contributed by atoms with Gasteiger partial charge in [-0.25, -0.2) is 9.78 Å². The van der Waals surface area contributed by atoms with E-state index < -0.39 is 11.2 Å². The van der Waals surface area contributed by atoms with Gasteiger partial charge >= 0.3 is 5.69 Å². The van der Waals surface area contributed by atoms with E-state index in [2.05, 4.69) is 4.98 Å². The van der Waals surface area contributed by atoms with Crippen molar-refractivity contribution in [2.24, 2.45) is 14.1 Å². The van der Waals surface area contributed by atoms with Gasteiger partial charge in [0.15, 0.2) is 0 Å². The van der Waals surface area contributed by atoms with Crippen LogP contribution in [0.3, 0.4) is 0 Å². The van der Waals surface area contributed by atoms with E-state index in [9.17, 15) is 14.4 Å². The fourth-order valence-corrected chi connectivity index (χ4v) is 3.11. The van der Waals surface area contributed by atoms with Crippen LogP contribution in [0.4, 0.5) is 0 Å². The number of pyridine rings is 1. The van der Waals surface area contributed by atoms with Gasteiger partial charge in [-0.3, -0.25) is 18.7 Å². The van der Waals surface area contributed by atoms with E-state index in [-0.39, 0.29) is 22.5 Å². The molecule has 140 valence electrons. The molecule has 0 bridgehead atoms. The zero-order valence-corrected chi connectivity index (χ0v) is 16.4. The largest absolute Gasteiger partial charge is 0.337 e. The molecule has 0 spiro atoms. The third kappa shape index (κ3) is 3.48. The van der Waals surface area contributed by atoms with E-state index in [1.165, 1.54) is 35.8 Å². The number of benzene rings is 1. The number of aromatic nitrogens is 3. The lowest BCUT2D eigenvalue weighted by molar-refractivity contribution is 0.0785. The Morgan fingerprint density at radius 3 is 2.48 bits per heavy atom. The summed E-state index contributed by atoms with van der Waals surface area (Å²) in [7, 11) is 4.54. The van der Waals surface area contributed by atoms with Crippen LogP contribution in [0.5, 0.6) is 0 Å². The van der Waals surface area contributed by atoms with E-state index in [0.717, 1.165) is 10.1 Å². The highest BCUT2D eigenvalue weighted by Gasteiger charge is 2.17. The van der Waals surface area contributed by atoms with Crippen molar-refractivity contribution in [3.63, 3.8) is 0 Å². The Kier molecular flexibility index (Phi) is 5.08. The Bertz CT molecular complexity index is 1180. The van der Waals surface area contributed by atoms with Crippen LogP contribution in [0.25, 0.3) is 11.0 Å². The molecule has 9 heteroatoms. The Balaban J connectivity index is 1.96. The van der Waals surface area contributed by atoms with Crippen LogP contribution in [-0.4, -0.2) is 32.0 Å². The molecule has 3 aromatic rings. The fourth-order valence-electron chi connectivity index (χ4n) is 2.79. The van der Waals surface area contributed by atoms with E-state index in [1.807, 2.05) is 0 Å². The number of nitrogens with zero attached hydrogens (tertiary/aromatic N) is 4. The van der Waals surface area contributed by atoms with Gasteiger partial charge in [-0.2, -0.15) is 0 Å². The topological polar surface area (TPSA) is 77.2 Å². The number of aryl methyl sites for hydroxylation is 1. The molecule has 0 radical (unpaired) electrons. The molecule has 0 aliphatic heterocycles. The van der Waals surface area contributed by atoms with Crippen LogP contribution in [0, 0.1) is 0 Å². The van der Waals surface area contributed by atoms with E-state index in [0.29, 0.717) is 16.6 Å². The lowest BCUT2D eigenvalue weighted by atomic mass is 10.1. The molecule has 0 N–H and O–H groups in total. The molecular weight excluding hydrogens is 391 g/mol. The molecule has 0 fully saturated rings. The zero-order chi connectivity index (χ0) is 19.9. The van der Waals surface area contributed by atoms with Gasteiger partial charge in [0.2, 0.25) is 0 Å². The van der Waals surface area contributed by atoms with Gasteiger partial charge < -0.3 is 4.90 Å². The summed E-state index contributed by atoms with van der Waals surface area (Å²) in [5.41, 5.74) is 0.318. The second kappa shape index (κ2) is 7.17. The van der Waals surface area contributed by atoms with Crippen LogP contribution < -0.4 is 11.2 Å². The first-order chi connectivity index (χ1) is 12.7. The minimum Gasteiger partial charge on any atom is -0.337 e. The molecule has 0 atom stereocenters. The van der Waals surface area contributed by atoms with Crippen molar-refractivity contribution in [1.29, 1.82) is 0 Å². The normalized spacial score (nSPS) is 11.0. The first-order valence-electron chi connectivity index (χ1n) is 7.96. The first kappa shape index (κ1) is 19.1. The van der Waals surface area contributed by atoms with Gasteiger partial charge in [-0.1, -0.05) is 29.3 Å². The van der Waals surface area contributed by atoms with Crippen LogP contribution in [-0.2, 0) is 20.6 Å². The van der Waals surface area contributed by atoms with Gasteiger partial charge in [0, 0.05) is 33.9 Å². The Hall–Kier alpha value is -2.64. The second-order valence-electron chi connectivity index (χ2n) is 6.21. The van der Waals surface area contributed by atoms with Crippen molar-refractivity contribution in [3.8, 4) is 0 Å². The van der Waals surface area contributed by atoms with Gasteiger partial charge in [0.1, 0.15) is 5.65 Å². The molecule has 27 heavy (non-hydrogen) atoms. The van der Waals surface area contributed by atoms with Crippen molar-refractivity contribution < 1.29 is 4.79 Å². The van der Waals surface area contributed by atoms with Crippen LogP contribution >= 0.6 is 23.2 Å². The standard InChI is InChI=1S/C18H16Cl2N4O3/c1-22(9-10-4-5-13(19)14(20)6-10)16(25)11-7-12-15(21-8-11)23(2)18(27)24(3)17(12)26/h4-8H,9H2,1-3H3. The third-order valence-corrected chi connectivity index (χ3v) is 5.03. The van der Waals surface area contributed by atoms with Gasteiger partial charge in [0.25, 0.3) is 11.5 Å². The number of hydrogen-bond acceptors (Lipinski definition) is 4. The Morgan fingerprint density at radius 2 is 1.81 bits per heavy atom. The average molecular weight is 407 g/mol. The average Bonchev–Trinajstić information content (AvgIpc) is 2.66. The molecule has 0 aliphatic rings. The van der Waals surface area contributed by atoms with Crippen LogP contribution in [0.2, 0.25) is 10.0 Å². The molecule has 2 heterocycles. The highest BCUT2D eigenvalue weighted by atomic mass is 35.5. The molecule has 3 rings (SSSR count). The zero-order valence-electron chi connectivity index (χ0n) is 14.9. The van der Waals surface area contributed by atoms with Crippen molar-refractivity contribution in [3.05, 3.63) is 72.5 Å². The smallest absolute Gasteiger partial charge is 0.332 e. The second-order valence-corrected chi connectivity index (χ2v) is 7.02. The molecule has 0 aliphatic carbocycles. The van der Waals surface area contributed by atoms with Gasteiger partial charge in [-0.05, 0) is 23.8 Å². The van der Waals surface area contributed by atoms with Crippen molar-refractivity contribution in [2.75, 3.05) is 7.05 Å². The Morgan fingerprint density at radius 1 is 1.11 bits per heavy atom. The van der Waals surface area contributed by atoms with E-state index in [1.54, 1.807) is 25.2 Å². The predicted molar refractivity (Wildman–Crippen MR) is 104 cm³/mol. The van der Waals surface area contributed by atoms with Gasteiger partial charge in [-0.15, -0.1) is 0 Å². The minimum absolute atomic E-state index is 0.202. The Labute approximate surface area is 164 Å². The number of amides is 1. The summed E-state index contributed by atoms with van der Waals surface area (Å²) in [5, 5.41) is 1.05. The first-order valence-corrected chi connectivity index (χ1v) is 8.71. The maximum Gasteiger partial charge on any atom is 0.332 e. The monoisotopic (exact) mass is 406 g/mol. The number of rotatable bonds is 3. The van der Waals surface area contributed by atoms with Crippen molar-refractivity contribution >= 4 is 40.1 Å². The molecular formula is C18H16Cl2N4O3. The van der Waals surface area contributed by atoms with Gasteiger partial charge in [0.05, 0.1) is 21.0 Å². The molecule has 0 saturated heterocycles. The summed E-state index contributed by atoms with van der Waals surface area (Å²) in [4.78, 5) is 42.7.